The van der Waals surface area contributed by atoms with Gasteiger partial charge >= 0.3 is 5.97 Å². The van der Waals surface area contributed by atoms with Gasteiger partial charge in [-0.3, -0.25) is 0 Å². The molecule has 21 heavy (non-hydrogen) atoms. The summed E-state index contributed by atoms with van der Waals surface area (Å²) in [5, 5.41) is 9.28. The highest BCUT2D eigenvalue weighted by atomic mass is 16.5. The molecule has 0 amide bonds. The number of hydrogen-bond donors (Lipinski definition) is 1. The Kier molecular flexibility index (Phi) is 5.17. The standard InChI is InChI=1S/C16H24N2O3/c1-11(2)14-7-13(16(19)20)8-15(17-14)18-6-4-5-12(9-18)10-21-3/h7-8,11-12H,4-6,9-10H2,1-3H3,(H,19,20). The molecule has 1 N–H and O–H groups in total. The molecule has 0 aliphatic carbocycles. The Bertz CT molecular complexity index is 500. The van der Waals surface area contributed by atoms with E-state index in [1.54, 1.807) is 19.2 Å². The molecule has 116 valence electrons. The molecule has 5 nitrogen and oxygen atoms in total. The van der Waals surface area contributed by atoms with E-state index in [0.29, 0.717) is 11.5 Å². The smallest absolute Gasteiger partial charge is 0.335 e. The summed E-state index contributed by atoms with van der Waals surface area (Å²) in [6, 6.07) is 3.36. The van der Waals surface area contributed by atoms with Crippen LogP contribution in [0.15, 0.2) is 12.1 Å². The Balaban J connectivity index is 2.27. The highest BCUT2D eigenvalue weighted by Gasteiger charge is 2.22. The second kappa shape index (κ2) is 6.89. The van der Waals surface area contributed by atoms with Crippen molar-refractivity contribution in [3.8, 4) is 0 Å². The third-order valence-electron chi connectivity index (χ3n) is 3.92. The van der Waals surface area contributed by atoms with Gasteiger partial charge in [0.15, 0.2) is 0 Å². The van der Waals surface area contributed by atoms with E-state index in [1.807, 2.05) is 13.8 Å². The van der Waals surface area contributed by atoms with Crippen LogP contribution in [0.4, 0.5) is 5.82 Å². The summed E-state index contributed by atoms with van der Waals surface area (Å²) in [5.41, 5.74) is 1.15. The average molecular weight is 292 g/mol. The number of carbonyl (C=O) groups is 1. The van der Waals surface area contributed by atoms with Crippen LogP contribution in [0.5, 0.6) is 0 Å². The number of anilines is 1. The van der Waals surface area contributed by atoms with Gasteiger partial charge in [0, 0.05) is 25.9 Å². The second-order valence-electron chi connectivity index (χ2n) is 6.01. The normalized spacial score (nSPS) is 19.0. The van der Waals surface area contributed by atoms with E-state index >= 15 is 0 Å². The SMILES string of the molecule is COCC1CCCN(c2cc(C(=O)O)cc(C(C)C)n2)C1. The minimum absolute atomic E-state index is 0.211. The van der Waals surface area contributed by atoms with E-state index in [9.17, 15) is 9.90 Å². The Morgan fingerprint density at radius 2 is 2.29 bits per heavy atom. The lowest BCUT2D eigenvalue weighted by atomic mass is 9.98. The molecule has 1 aromatic heterocycles. The van der Waals surface area contributed by atoms with Gasteiger partial charge in [0.1, 0.15) is 5.82 Å². The van der Waals surface area contributed by atoms with E-state index in [0.717, 1.165) is 44.0 Å². The molecule has 1 aromatic rings. The molecular formula is C16H24N2O3. The molecule has 0 spiro atoms. The number of piperidine rings is 1. The molecule has 0 radical (unpaired) electrons. The van der Waals surface area contributed by atoms with Crippen LogP contribution >= 0.6 is 0 Å². The monoisotopic (exact) mass is 292 g/mol. The van der Waals surface area contributed by atoms with Crippen molar-refractivity contribution in [3.63, 3.8) is 0 Å². The largest absolute Gasteiger partial charge is 0.478 e. The number of rotatable bonds is 5. The lowest BCUT2D eigenvalue weighted by molar-refractivity contribution is 0.0696. The van der Waals surface area contributed by atoms with Crippen molar-refractivity contribution in [1.29, 1.82) is 0 Å². The van der Waals surface area contributed by atoms with E-state index in [4.69, 9.17) is 4.74 Å². The average Bonchev–Trinajstić information content (AvgIpc) is 2.47. The fraction of sp³-hybridized carbons (Fsp3) is 0.625. The van der Waals surface area contributed by atoms with E-state index in [1.165, 1.54) is 0 Å². The number of carboxylic acid groups (broad SMARTS) is 1. The third-order valence-corrected chi connectivity index (χ3v) is 3.92. The third kappa shape index (κ3) is 3.94. The number of aromatic nitrogens is 1. The highest BCUT2D eigenvalue weighted by molar-refractivity contribution is 5.88. The fourth-order valence-electron chi connectivity index (χ4n) is 2.76. The van der Waals surface area contributed by atoms with Crippen molar-refractivity contribution in [1.82, 2.24) is 4.98 Å². The number of pyridine rings is 1. The first kappa shape index (κ1) is 15.8. The van der Waals surface area contributed by atoms with Crippen LogP contribution < -0.4 is 4.90 Å². The second-order valence-corrected chi connectivity index (χ2v) is 6.01. The van der Waals surface area contributed by atoms with Crippen LogP contribution in [0.1, 0.15) is 48.7 Å². The molecule has 1 aliphatic rings. The Labute approximate surface area is 125 Å². The Hall–Kier alpha value is -1.62. The minimum Gasteiger partial charge on any atom is -0.478 e. The van der Waals surface area contributed by atoms with Crippen LogP contribution in [-0.4, -0.2) is 42.9 Å². The zero-order chi connectivity index (χ0) is 15.4. The van der Waals surface area contributed by atoms with Gasteiger partial charge in [-0.2, -0.15) is 0 Å². The molecule has 1 saturated heterocycles. The van der Waals surface area contributed by atoms with Gasteiger partial charge in [-0.15, -0.1) is 0 Å². The molecule has 1 aliphatic heterocycles. The van der Waals surface area contributed by atoms with Crippen molar-refractivity contribution in [2.45, 2.75) is 32.6 Å². The summed E-state index contributed by atoms with van der Waals surface area (Å²) in [4.78, 5) is 18.2. The predicted molar refractivity (Wildman–Crippen MR) is 82.1 cm³/mol. The van der Waals surface area contributed by atoms with Crippen molar-refractivity contribution >= 4 is 11.8 Å². The van der Waals surface area contributed by atoms with Gasteiger partial charge in [0.05, 0.1) is 12.2 Å². The Morgan fingerprint density at radius 1 is 1.52 bits per heavy atom. The lowest BCUT2D eigenvalue weighted by Gasteiger charge is -2.33. The van der Waals surface area contributed by atoms with Crippen LogP contribution in [0.3, 0.4) is 0 Å². The van der Waals surface area contributed by atoms with Crippen molar-refractivity contribution in [2.75, 3.05) is 31.7 Å². The molecule has 1 fully saturated rings. The van der Waals surface area contributed by atoms with Crippen molar-refractivity contribution < 1.29 is 14.6 Å². The molecular weight excluding hydrogens is 268 g/mol. The summed E-state index contributed by atoms with van der Waals surface area (Å²) in [6.07, 6.45) is 2.24. The zero-order valence-corrected chi connectivity index (χ0v) is 13.0. The zero-order valence-electron chi connectivity index (χ0n) is 13.0. The van der Waals surface area contributed by atoms with Crippen molar-refractivity contribution in [3.05, 3.63) is 23.4 Å². The van der Waals surface area contributed by atoms with Crippen LogP contribution in [-0.2, 0) is 4.74 Å². The fourth-order valence-corrected chi connectivity index (χ4v) is 2.76. The number of hydrogen-bond acceptors (Lipinski definition) is 4. The summed E-state index contributed by atoms with van der Waals surface area (Å²) < 4.78 is 5.25. The van der Waals surface area contributed by atoms with E-state index in [2.05, 4.69) is 9.88 Å². The van der Waals surface area contributed by atoms with E-state index in [-0.39, 0.29) is 5.92 Å². The maximum Gasteiger partial charge on any atom is 0.335 e. The lowest BCUT2D eigenvalue weighted by Crippen LogP contribution is -2.37. The number of carboxylic acids is 1. The number of nitrogens with zero attached hydrogens (tertiary/aromatic N) is 2. The first-order chi connectivity index (χ1) is 10.0. The molecule has 0 bridgehead atoms. The van der Waals surface area contributed by atoms with Gasteiger partial charge < -0.3 is 14.7 Å². The van der Waals surface area contributed by atoms with Crippen LogP contribution in [0.25, 0.3) is 0 Å². The molecule has 2 rings (SSSR count). The number of aromatic carboxylic acids is 1. The van der Waals surface area contributed by atoms with Crippen LogP contribution in [0.2, 0.25) is 0 Å². The van der Waals surface area contributed by atoms with Crippen molar-refractivity contribution in [2.24, 2.45) is 5.92 Å². The maximum atomic E-state index is 11.3. The molecule has 0 saturated carbocycles. The van der Waals surface area contributed by atoms with Gasteiger partial charge in [0.2, 0.25) is 0 Å². The number of methoxy groups -OCH3 is 1. The molecule has 1 unspecified atom stereocenters. The Morgan fingerprint density at radius 3 is 2.90 bits per heavy atom. The molecule has 1 atom stereocenters. The van der Waals surface area contributed by atoms with E-state index < -0.39 is 5.97 Å². The summed E-state index contributed by atoms with van der Waals surface area (Å²) in [6.45, 7) is 6.60. The predicted octanol–water partition coefficient (Wildman–Crippen LogP) is 2.77. The minimum atomic E-state index is -0.897. The first-order valence-electron chi connectivity index (χ1n) is 7.50. The van der Waals surface area contributed by atoms with Gasteiger partial charge in [-0.25, -0.2) is 9.78 Å². The number of ether oxygens (including phenoxy) is 1. The van der Waals surface area contributed by atoms with Gasteiger partial charge in [-0.1, -0.05) is 13.8 Å². The topological polar surface area (TPSA) is 62.7 Å². The summed E-state index contributed by atoms with van der Waals surface area (Å²) in [5.74, 6) is 0.578. The summed E-state index contributed by atoms with van der Waals surface area (Å²) in [7, 11) is 1.72. The highest BCUT2D eigenvalue weighted by Crippen LogP contribution is 2.25. The summed E-state index contributed by atoms with van der Waals surface area (Å²) >= 11 is 0. The van der Waals surface area contributed by atoms with Gasteiger partial charge in [-0.05, 0) is 36.8 Å². The quantitative estimate of drug-likeness (QED) is 0.904. The molecule has 5 heteroatoms. The molecule has 0 aromatic carbocycles. The van der Waals surface area contributed by atoms with Crippen LogP contribution in [0, 0.1) is 5.92 Å². The molecule has 2 heterocycles. The van der Waals surface area contributed by atoms with Gasteiger partial charge in [0.25, 0.3) is 0 Å². The maximum absolute atomic E-state index is 11.3. The first-order valence-corrected chi connectivity index (χ1v) is 7.50.